The van der Waals surface area contributed by atoms with E-state index in [0.717, 1.165) is 6.07 Å². The number of piperidine rings is 1. The summed E-state index contributed by atoms with van der Waals surface area (Å²) >= 11 is 0. The highest BCUT2D eigenvalue weighted by Crippen LogP contribution is 2.33. The first-order chi connectivity index (χ1) is 22.0. The van der Waals surface area contributed by atoms with Crippen molar-refractivity contribution in [3.05, 3.63) is 58.9 Å². The Hall–Kier alpha value is -4.57. The molecule has 17 heteroatoms. The fourth-order valence-electron chi connectivity index (χ4n) is 5.64. The van der Waals surface area contributed by atoms with Crippen molar-refractivity contribution in [3.8, 4) is 0 Å². The Balaban J connectivity index is 1.25. The first-order valence-electron chi connectivity index (χ1n) is 14.9. The minimum absolute atomic E-state index is 0.00192. The molecule has 2 aliphatic rings. The van der Waals surface area contributed by atoms with E-state index in [-0.39, 0.29) is 48.1 Å². The van der Waals surface area contributed by atoms with Gasteiger partial charge in [-0.3, -0.25) is 4.79 Å². The Bertz CT molecular complexity index is 1600. The van der Waals surface area contributed by atoms with Gasteiger partial charge in [-0.2, -0.15) is 13.8 Å². The molecule has 0 saturated carbocycles. The highest BCUT2D eigenvalue weighted by Gasteiger charge is 2.39. The molecule has 1 N–H and O–H groups in total. The molecule has 2 saturated heterocycles. The van der Waals surface area contributed by atoms with Crippen LogP contribution in [-0.2, 0) is 10.7 Å². The maximum absolute atomic E-state index is 14.8. The topological polar surface area (TPSA) is 130 Å². The normalized spacial score (nSPS) is 19.2. The van der Waals surface area contributed by atoms with E-state index in [4.69, 9.17) is 9.26 Å². The summed E-state index contributed by atoms with van der Waals surface area (Å²) in [7, 11) is 1.65. The molecule has 2 amide bonds. The molecule has 0 bridgehead atoms. The number of alkyl carbamates (subject to hydrolysis) is 1. The number of rotatable bonds is 7. The number of nitrogens with one attached hydrogen (secondary N) is 1. The molecule has 1 aromatic carbocycles. The van der Waals surface area contributed by atoms with Gasteiger partial charge in [0.1, 0.15) is 11.4 Å². The summed E-state index contributed by atoms with van der Waals surface area (Å²) in [5.74, 6) is -8.41. The van der Waals surface area contributed by atoms with Crippen molar-refractivity contribution in [1.29, 1.82) is 0 Å². The minimum Gasteiger partial charge on any atom is -0.444 e. The Morgan fingerprint density at radius 1 is 0.979 bits per heavy atom. The number of hydrogen-bond donors (Lipinski definition) is 1. The van der Waals surface area contributed by atoms with Crippen molar-refractivity contribution in [2.45, 2.75) is 70.1 Å². The highest BCUT2D eigenvalue weighted by molar-refractivity contribution is 5.93. The van der Waals surface area contributed by atoms with E-state index in [1.165, 1.54) is 12.4 Å². The predicted molar refractivity (Wildman–Crippen MR) is 158 cm³/mol. The molecule has 0 radical (unpaired) electrons. The molecular weight excluding hydrogens is 631 g/mol. The third kappa shape index (κ3) is 7.71. The van der Waals surface area contributed by atoms with Gasteiger partial charge < -0.3 is 29.3 Å². The Kier molecular flexibility index (Phi) is 9.28. The van der Waals surface area contributed by atoms with Crippen LogP contribution < -0.4 is 15.1 Å². The summed E-state index contributed by atoms with van der Waals surface area (Å²) in [5, 5.41) is 6.05. The Morgan fingerprint density at radius 3 is 2.21 bits per heavy atom. The monoisotopic (exact) mass is 666 g/mol. The number of alkyl halides is 2. The SMILES string of the molecule is CN(C(=O)c1cnc(N2C[C@H](NC(=O)OC(C)(C)C)[C@@H](c3cc(F)c(F)cc3F)C2)nc1)C1CCN(c2nc(C(C)(F)F)no2)CC1. The molecule has 12 nitrogen and oxygen atoms in total. The molecule has 0 aliphatic carbocycles. The van der Waals surface area contributed by atoms with Gasteiger partial charge in [0.05, 0.1) is 11.6 Å². The first-order valence-corrected chi connectivity index (χ1v) is 14.9. The molecule has 5 rings (SSSR count). The van der Waals surface area contributed by atoms with Gasteiger partial charge in [-0.05, 0) is 45.2 Å². The fourth-order valence-corrected chi connectivity index (χ4v) is 5.64. The predicted octanol–water partition coefficient (Wildman–Crippen LogP) is 4.63. The second-order valence-corrected chi connectivity index (χ2v) is 12.7. The van der Waals surface area contributed by atoms with E-state index in [0.29, 0.717) is 38.9 Å². The lowest BCUT2D eigenvalue weighted by Gasteiger charge is -2.35. The van der Waals surface area contributed by atoms with Crippen molar-refractivity contribution in [1.82, 2.24) is 30.3 Å². The zero-order valence-electron chi connectivity index (χ0n) is 26.4. The van der Waals surface area contributed by atoms with E-state index in [2.05, 4.69) is 25.4 Å². The summed E-state index contributed by atoms with van der Waals surface area (Å²) in [6.45, 7) is 6.67. The number of hydrogen-bond acceptors (Lipinski definition) is 10. The number of nitrogens with zero attached hydrogens (tertiary/aromatic N) is 7. The molecule has 4 heterocycles. The lowest BCUT2D eigenvalue weighted by Crippen LogP contribution is -2.45. The molecule has 2 aromatic heterocycles. The van der Waals surface area contributed by atoms with Crippen molar-refractivity contribution in [3.63, 3.8) is 0 Å². The summed E-state index contributed by atoms with van der Waals surface area (Å²) in [6.07, 6.45) is 2.97. The fraction of sp³-hybridized carbons (Fsp3) is 0.533. The van der Waals surface area contributed by atoms with Crippen LogP contribution in [0, 0.1) is 17.5 Å². The molecule has 2 atom stereocenters. The van der Waals surface area contributed by atoms with Gasteiger partial charge in [-0.15, -0.1) is 0 Å². The number of carbonyl (C=O) groups is 2. The van der Waals surface area contributed by atoms with Gasteiger partial charge in [0.2, 0.25) is 11.8 Å². The average molecular weight is 667 g/mol. The van der Waals surface area contributed by atoms with Gasteiger partial charge in [0, 0.05) is 70.6 Å². The van der Waals surface area contributed by atoms with E-state index < -0.39 is 52.9 Å². The van der Waals surface area contributed by atoms with E-state index in [9.17, 15) is 31.5 Å². The van der Waals surface area contributed by atoms with Gasteiger partial charge in [0.25, 0.3) is 5.91 Å². The molecular formula is C30H35F5N8O4. The largest absolute Gasteiger partial charge is 0.444 e. The van der Waals surface area contributed by atoms with Crippen LogP contribution in [0.5, 0.6) is 0 Å². The summed E-state index contributed by atoms with van der Waals surface area (Å²) in [5.41, 5.74) is -0.736. The number of anilines is 2. The Morgan fingerprint density at radius 2 is 1.62 bits per heavy atom. The summed E-state index contributed by atoms with van der Waals surface area (Å²) < 4.78 is 80.0. The molecule has 2 fully saturated rings. The zero-order valence-corrected chi connectivity index (χ0v) is 26.4. The standard InChI is InChI=1S/C30H35F5N8O4/c1-29(2,3)46-28(45)38-23-15-43(14-19(23)18-10-21(32)22(33)11-20(18)31)26-36-12-16(13-37-26)24(44)41(5)17-6-8-42(9-7-17)27-39-25(40-47-27)30(4,34)35/h10-13,17,19,23H,6-9,14-15H2,1-5H3,(H,38,45)/t19-,23+/m1/s1. The van der Waals surface area contributed by atoms with Crippen LogP contribution >= 0.6 is 0 Å². The van der Waals surface area contributed by atoms with E-state index >= 15 is 0 Å². The summed E-state index contributed by atoms with van der Waals surface area (Å²) in [6, 6.07) is 0.289. The van der Waals surface area contributed by atoms with E-state index in [1.807, 2.05) is 0 Å². The number of amides is 2. The molecule has 0 unspecified atom stereocenters. The number of benzene rings is 1. The van der Waals surface area contributed by atoms with E-state index in [1.54, 1.807) is 42.5 Å². The maximum atomic E-state index is 14.8. The van der Waals surface area contributed by atoms with Crippen molar-refractivity contribution in [2.75, 3.05) is 43.0 Å². The van der Waals surface area contributed by atoms with Crippen LogP contribution in [0.25, 0.3) is 0 Å². The maximum Gasteiger partial charge on any atom is 0.407 e. The van der Waals surface area contributed by atoms with Crippen LogP contribution in [0.3, 0.4) is 0 Å². The van der Waals surface area contributed by atoms with Crippen LogP contribution in [0.2, 0.25) is 0 Å². The molecule has 2 aliphatic heterocycles. The second kappa shape index (κ2) is 12.9. The van der Waals surface area contributed by atoms with Gasteiger partial charge in [0.15, 0.2) is 11.6 Å². The average Bonchev–Trinajstić information content (AvgIpc) is 3.66. The van der Waals surface area contributed by atoms with Crippen molar-refractivity contribution in [2.24, 2.45) is 0 Å². The smallest absolute Gasteiger partial charge is 0.407 e. The number of ether oxygens (including phenoxy) is 1. The third-order valence-corrected chi connectivity index (χ3v) is 8.04. The lowest BCUT2D eigenvalue weighted by molar-refractivity contribution is 0.00557. The first kappa shape index (κ1) is 33.8. The zero-order chi connectivity index (χ0) is 34.3. The summed E-state index contributed by atoms with van der Waals surface area (Å²) in [4.78, 5) is 43.2. The number of aromatic nitrogens is 4. The van der Waals surface area contributed by atoms with Crippen LogP contribution in [0.4, 0.5) is 38.7 Å². The molecule has 254 valence electrons. The van der Waals surface area contributed by atoms with Crippen molar-refractivity contribution < 1.29 is 40.8 Å². The quantitative estimate of drug-likeness (QED) is 0.282. The number of halogens is 5. The van der Waals surface area contributed by atoms with Gasteiger partial charge >= 0.3 is 18.0 Å². The Labute approximate surface area is 267 Å². The molecule has 0 spiro atoms. The van der Waals surface area contributed by atoms with Crippen LogP contribution in [0.15, 0.2) is 29.0 Å². The van der Waals surface area contributed by atoms with Gasteiger partial charge in [-0.25, -0.2) is 27.9 Å². The molecule has 47 heavy (non-hydrogen) atoms. The number of carbonyl (C=O) groups excluding carboxylic acids is 2. The third-order valence-electron chi connectivity index (χ3n) is 8.04. The lowest BCUT2D eigenvalue weighted by atomic mass is 9.93. The second-order valence-electron chi connectivity index (χ2n) is 12.7. The minimum atomic E-state index is -3.22. The molecule has 3 aromatic rings. The van der Waals surface area contributed by atoms with Crippen LogP contribution in [-0.4, -0.2) is 87.9 Å². The van der Waals surface area contributed by atoms with Gasteiger partial charge in [-0.1, -0.05) is 5.16 Å². The van der Waals surface area contributed by atoms with Crippen molar-refractivity contribution >= 4 is 24.0 Å². The van der Waals surface area contributed by atoms with Crippen LogP contribution in [0.1, 0.15) is 68.2 Å². The highest BCUT2D eigenvalue weighted by atomic mass is 19.3.